The van der Waals surface area contributed by atoms with Crippen LogP contribution in [0.2, 0.25) is 5.02 Å². The van der Waals surface area contributed by atoms with Crippen LogP contribution in [0.1, 0.15) is 39.4 Å². The first kappa shape index (κ1) is 23.9. The molecule has 4 rings (SSSR count). The van der Waals surface area contributed by atoms with E-state index in [9.17, 15) is 31.1 Å². The van der Waals surface area contributed by atoms with Gasteiger partial charge in [0.05, 0.1) is 26.8 Å². The van der Waals surface area contributed by atoms with Gasteiger partial charge in [0.1, 0.15) is 5.82 Å². The van der Waals surface area contributed by atoms with E-state index in [1.165, 1.54) is 11.3 Å². The number of hydrogen-bond donors (Lipinski definition) is 2. The van der Waals surface area contributed by atoms with E-state index in [2.05, 4.69) is 31.7 Å². The molecule has 1 aliphatic rings. The molecular weight excluding hydrogens is 562 g/mol. The summed E-state index contributed by atoms with van der Waals surface area (Å²) >= 11 is 10.3. The van der Waals surface area contributed by atoms with Gasteiger partial charge in [-0.3, -0.25) is 4.79 Å². The van der Waals surface area contributed by atoms with Crippen molar-refractivity contribution in [2.45, 2.75) is 30.9 Å². The van der Waals surface area contributed by atoms with Crippen molar-refractivity contribution in [1.29, 1.82) is 0 Å². The summed E-state index contributed by atoms with van der Waals surface area (Å²) in [6, 6.07) is 3.04. The summed E-state index contributed by atoms with van der Waals surface area (Å²) in [4.78, 5) is 13.4. The Morgan fingerprint density at radius 1 is 1.24 bits per heavy atom. The molecule has 0 bridgehead atoms. The first-order chi connectivity index (χ1) is 15.4. The number of anilines is 2. The van der Waals surface area contributed by atoms with E-state index in [1.54, 1.807) is 17.5 Å². The van der Waals surface area contributed by atoms with Gasteiger partial charge >= 0.3 is 12.4 Å². The Hall–Kier alpha value is -2.25. The smallest absolute Gasteiger partial charge is 0.362 e. The molecule has 0 spiro atoms. The molecule has 2 aromatic heterocycles. The molecule has 14 heteroatoms. The molecule has 2 N–H and O–H groups in total. The maximum Gasteiger partial charge on any atom is 0.416 e. The monoisotopic (exact) mass is 572 g/mol. The van der Waals surface area contributed by atoms with Crippen LogP contribution in [0.4, 0.5) is 37.8 Å². The lowest BCUT2D eigenvalue weighted by atomic mass is 10.0. The van der Waals surface area contributed by atoms with Crippen molar-refractivity contribution in [1.82, 2.24) is 9.78 Å². The molecule has 0 aliphatic carbocycles. The van der Waals surface area contributed by atoms with Crippen LogP contribution in [-0.4, -0.2) is 21.9 Å². The molecule has 0 unspecified atom stereocenters. The number of carbonyl (C=O) groups is 1. The molecule has 0 radical (unpaired) electrons. The number of carbonyl (C=O) groups excluding carboxylic acids is 1. The number of thiophene rings is 1. The number of hydrogen-bond acceptors (Lipinski definition) is 4. The maximum atomic E-state index is 13.8. The van der Waals surface area contributed by atoms with E-state index in [0.717, 1.165) is 12.1 Å². The molecule has 3 aromatic rings. The Morgan fingerprint density at radius 2 is 1.97 bits per heavy atom. The van der Waals surface area contributed by atoms with Gasteiger partial charge in [-0.25, -0.2) is 4.68 Å². The molecule has 176 valence electrons. The van der Waals surface area contributed by atoms with E-state index >= 15 is 0 Å². The van der Waals surface area contributed by atoms with Gasteiger partial charge in [-0.05, 0) is 45.6 Å². The van der Waals surface area contributed by atoms with Gasteiger partial charge in [0.25, 0.3) is 5.91 Å². The van der Waals surface area contributed by atoms with Gasteiger partial charge in [0.15, 0.2) is 11.7 Å². The minimum absolute atomic E-state index is 0.0568. The third kappa shape index (κ3) is 4.71. The predicted molar refractivity (Wildman–Crippen MR) is 115 cm³/mol. The second kappa shape index (κ2) is 8.51. The average molecular weight is 574 g/mol. The van der Waals surface area contributed by atoms with E-state index in [-0.39, 0.29) is 27.4 Å². The zero-order chi connectivity index (χ0) is 24.1. The van der Waals surface area contributed by atoms with Crippen molar-refractivity contribution in [2.24, 2.45) is 0 Å². The van der Waals surface area contributed by atoms with Crippen LogP contribution in [0.5, 0.6) is 0 Å². The molecule has 1 aliphatic heterocycles. The van der Waals surface area contributed by atoms with Gasteiger partial charge < -0.3 is 10.6 Å². The minimum Gasteiger partial charge on any atom is -0.362 e. The quantitative estimate of drug-likeness (QED) is 0.324. The van der Waals surface area contributed by atoms with Crippen molar-refractivity contribution >= 4 is 56.3 Å². The summed E-state index contributed by atoms with van der Waals surface area (Å²) in [5.41, 5.74) is -1.85. The van der Waals surface area contributed by atoms with Crippen molar-refractivity contribution in [2.75, 3.05) is 10.6 Å². The van der Waals surface area contributed by atoms with Gasteiger partial charge in [-0.2, -0.15) is 31.4 Å². The summed E-state index contributed by atoms with van der Waals surface area (Å²) in [7, 11) is 0. The zero-order valence-electron chi connectivity index (χ0n) is 16.1. The van der Waals surface area contributed by atoms with Crippen molar-refractivity contribution < 1.29 is 31.1 Å². The number of alkyl halides is 6. The Morgan fingerprint density at radius 3 is 2.58 bits per heavy atom. The molecule has 1 amide bonds. The lowest BCUT2D eigenvalue weighted by Gasteiger charge is -2.33. The summed E-state index contributed by atoms with van der Waals surface area (Å²) in [6.07, 6.45) is -9.69. The first-order valence-electron chi connectivity index (χ1n) is 9.19. The number of benzene rings is 1. The third-order valence-corrected chi connectivity index (χ3v) is 7.01. The lowest BCUT2D eigenvalue weighted by molar-refractivity contribution is -0.173. The number of nitrogens with one attached hydrogen (secondary N) is 2. The normalized spacial score (nSPS) is 18.5. The van der Waals surface area contributed by atoms with Crippen LogP contribution in [0, 0.1) is 0 Å². The zero-order valence-corrected chi connectivity index (χ0v) is 19.2. The summed E-state index contributed by atoms with van der Waals surface area (Å²) < 4.78 is 81.0. The highest BCUT2D eigenvalue weighted by Crippen LogP contribution is 2.47. The van der Waals surface area contributed by atoms with Crippen LogP contribution < -0.4 is 10.6 Å². The highest BCUT2D eigenvalue weighted by atomic mass is 79.9. The SMILES string of the molecule is O=C(Nc1cc(C(F)(F)F)ccc1Cl)c1nn2c(c1Br)N[C@H](c1cccs1)C[C@@H]2C(F)(F)F. The van der Waals surface area contributed by atoms with Crippen LogP contribution in [0.15, 0.2) is 40.2 Å². The number of aromatic nitrogens is 2. The average Bonchev–Trinajstić information content (AvgIpc) is 3.36. The Balaban J connectivity index is 1.69. The van der Waals surface area contributed by atoms with Crippen LogP contribution in [0.25, 0.3) is 0 Å². The molecular formula is C19H12BrClF6N4OS. The Bertz CT molecular complexity index is 1190. The Labute approximate surface area is 199 Å². The Kier molecular flexibility index (Phi) is 6.16. The maximum absolute atomic E-state index is 13.8. The fraction of sp³-hybridized carbons (Fsp3) is 0.263. The van der Waals surface area contributed by atoms with Crippen LogP contribution >= 0.6 is 38.9 Å². The minimum atomic E-state index is -4.68. The number of nitrogens with zero attached hydrogens (tertiary/aromatic N) is 2. The molecule has 1 aromatic carbocycles. The third-order valence-electron chi connectivity index (χ3n) is 4.94. The van der Waals surface area contributed by atoms with Crippen LogP contribution in [-0.2, 0) is 6.18 Å². The number of fused-ring (bicyclic) bond motifs is 1. The summed E-state index contributed by atoms with van der Waals surface area (Å²) in [5.74, 6) is -1.09. The molecule has 0 saturated heterocycles. The molecule has 0 fully saturated rings. The fourth-order valence-corrected chi connectivity index (χ4v) is 4.90. The van der Waals surface area contributed by atoms with E-state index in [4.69, 9.17) is 11.6 Å². The number of rotatable bonds is 3. The highest BCUT2D eigenvalue weighted by Gasteiger charge is 2.48. The molecule has 2 atom stereocenters. The second-order valence-corrected chi connectivity index (χ2v) is 9.29. The van der Waals surface area contributed by atoms with Crippen molar-refractivity contribution in [3.8, 4) is 0 Å². The number of amides is 1. The van der Waals surface area contributed by atoms with E-state index < -0.39 is 41.6 Å². The van der Waals surface area contributed by atoms with Gasteiger partial charge in [-0.1, -0.05) is 17.7 Å². The number of halogens is 8. The van der Waals surface area contributed by atoms with Crippen molar-refractivity contribution in [3.63, 3.8) is 0 Å². The standard InChI is InChI=1S/C19H12BrClF6N4OS/c20-14-15(17(32)29-10-6-8(18(22,23)24)3-4-9(10)21)30-31-13(19(25,26)27)7-11(28-16(14)31)12-2-1-5-33-12/h1-6,11,13,28H,7H2,(H,29,32)/t11-,13+/m0/s1. The van der Waals surface area contributed by atoms with Crippen LogP contribution in [0.3, 0.4) is 0 Å². The lowest BCUT2D eigenvalue weighted by Crippen LogP contribution is -2.35. The predicted octanol–water partition coefficient (Wildman–Crippen LogP) is 7.29. The first-order valence-corrected chi connectivity index (χ1v) is 11.2. The molecule has 5 nitrogen and oxygen atoms in total. The molecule has 33 heavy (non-hydrogen) atoms. The summed E-state index contributed by atoms with van der Waals surface area (Å²) in [6.45, 7) is 0. The highest BCUT2D eigenvalue weighted by molar-refractivity contribution is 9.10. The van der Waals surface area contributed by atoms with Gasteiger partial charge in [-0.15, -0.1) is 11.3 Å². The second-order valence-electron chi connectivity index (χ2n) is 7.11. The molecule has 3 heterocycles. The summed E-state index contributed by atoms with van der Waals surface area (Å²) in [5, 5.41) is 10.5. The van der Waals surface area contributed by atoms with Gasteiger partial charge in [0, 0.05) is 11.3 Å². The van der Waals surface area contributed by atoms with E-state index in [0.29, 0.717) is 15.6 Å². The van der Waals surface area contributed by atoms with Crippen molar-refractivity contribution in [3.05, 3.63) is 61.3 Å². The van der Waals surface area contributed by atoms with E-state index in [1.807, 2.05) is 0 Å². The fourth-order valence-electron chi connectivity index (χ4n) is 3.39. The molecule has 0 saturated carbocycles. The topological polar surface area (TPSA) is 59.0 Å². The largest absolute Gasteiger partial charge is 0.416 e. The van der Waals surface area contributed by atoms with Gasteiger partial charge in [0.2, 0.25) is 0 Å².